The van der Waals surface area contributed by atoms with E-state index in [4.69, 9.17) is 17.0 Å². The first-order valence-electron chi connectivity index (χ1n) is 11.4. The number of thiocarbonyl (C=S) groups is 1. The van der Waals surface area contributed by atoms with Crippen molar-refractivity contribution in [2.45, 2.75) is 13.5 Å². The van der Waals surface area contributed by atoms with E-state index in [9.17, 15) is 9.59 Å². The summed E-state index contributed by atoms with van der Waals surface area (Å²) in [5, 5.41) is 7.05. The zero-order chi connectivity index (χ0) is 25.9. The Hall–Kier alpha value is -4.08. The van der Waals surface area contributed by atoms with Gasteiger partial charge < -0.3 is 4.74 Å². The fourth-order valence-electron chi connectivity index (χ4n) is 3.82. The largest absolute Gasteiger partial charge is 0.457 e. The average molecular weight is 573 g/mol. The SMILES string of the molecule is Cc1ccc(Cn2ncc(Br)c2C=C2C(=O)NC(=S)N(c3ccc(Oc4ccccc4)cc3)C2=O)cc1. The molecule has 7 nitrogen and oxygen atoms in total. The third kappa shape index (κ3) is 5.37. The number of aryl methyl sites for hydroxylation is 1. The Labute approximate surface area is 227 Å². The number of nitrogens with one attached hydrogen (secondary N) is 1. The molecule has 0 saturated carbocycles. The molecule has 0 atom stereocenters. The van der Waals surface area contributed by atoms with Gasteiger partial charge in [-0.15, -0.1) is 0 Å². The van der Waals surface area contributed by atoms with Crippen LogP contribution in [0.15, 0.2) is 95.1 Å². The van der Waals surface area contributed by atoms with Crippen LogP contribution in [0.4, 0.5) is 5.69 Å². The van der Waals surface area contributed by atoms with Gasteiger partial charge in [0.1, 0.15) is 17.1 Å². The Balaban J connectivity index is 1.42. The molecule has 184 valence electrons. The molecular formula is C28H21BrN4O3S. The van der Waals surface area contributed by atoms with Crippen molar-refractivity contribution in [1.29, 1.82) is 0 Å². The van der Waals surface area contributed by atoms with E-state index in [1.807, 2.05) is 61.5 Å². The second-order valence-electron chi connectivity index (χ2n) is 8.39. The van der Waals surface area contributed by atoms with Crippen molar-refractivity contribution in [3.05, 3.63) is 112 Å². The third-order valence-electron chi connectivity index (χ3n) is 5.74. The smallest absolute Gasteiger partial charge is 0.270 e. The van der Waals surface area contributed by atoms with E-state index in [0.717, 1.165) is 11.1 Å². The molecule has 1 N–H and O–H groups in total. The van der Waals surface area contributed by atoms with Crippen molar-refractivity contribution in [1.82, 2.24) is 15.1 Å². The third-order valence-corrected chi connectivity index (χ3v) is 6.64. The minimum atomic E-state index is -0.565. The maximum absolute atomic E-state index is 13.5. The van der Waals surface area contributed by atoms with E-state index in [2.05, 4.69) is 26.3 Å². The van der Waals surface area contributed by atoms with E-state index in [0.29, 0.717) is 33.9 Å². The molecule has 4 aromatic rings. The minimum absolute atomic E-state index is 0.0103. The van der Waals surface area contributed by atoms with Crippen molar-refractivity contribution >= 4 is 56.8 Å². The predicted octanol–water partition coefficient (Wildman–Crippen LogP) is 5.63. The summed E-state index contributed by atoms with van der Waals surface area (Å²) in [6.07, 6.45) is 3.17. The lowest BCUT2D eigenvalue weighted by Crippen LogP contribution is -2.54. The highest BCUT2D eigenvalue weighted by Crippen LogP contribution is 2.28. The van der Waals surface area contributed by atoms with Crippen LogP contribution in [0, 0.1) is 6.92 Å². The summed E-state index contributed by atoms with van der Waals surface area (Å²) >= 11 is 8.83. The lowest BCUT2D eigenvalue weighted by molar-refractivity contribution is -0.122. The number of benzene rings is 3. The molecular weight excluding hydrogens is 552 g/mol. The summed E-state index contributed by atoms with van der Waals surface area (Å²) in [5.74, 6) is 0.213. The Morgan fingerprint density at radius 1 is 0.973 bits per heavy atom. The maximum Gasteiger partial charge on any atom is 0.270 e. The number of amides is 2. The number of halogens is 1. The van der Waals surface area contributed by atoms with E-state index in [1.165, 1.54) is 11.0 Å². The van der Waals surface area contributed by atoms with Gasteiger partial charge in [-0.1, -0.05) is 48.0 Å². The molecule has 0 aliphatic carbocycles. The van der Waals surface area contributed by atoms with E-state index in [-0.39, 0.29) is 10.7 Å². The average Bonchev–Trinajstić information content (AvgIpc) is 3.23. The Morgan fingerprint density at radius 2 is 1.65 bits per heavy atom. The van der Waals surface area contributed by atoms with Crippen LogP contribution in [0.3, 0.4) is 0 Å². The van der Waals surface area contributed by atoms with Gasteiger partial charge in [0.15, 0.2) is 5.11 Å². The molecule has 1 fully saturated rings. The molecule has 2 amide bonds. The van der Waals surface area contributed by atoms with Gasteiger partial charge in [0.25, 0.3) is 11.8 Å². The summed E-state index contributed by atoms with van der Waals surface area (Å²) in [4.78, 5) is 27.6. The van der Waals surface area contributed by atoms with Crippen molar-refractivity contribution in [2.75, 3.05) is 4.90 Å². The molecule has 0 spiro atoms. The molecule has 1 aliphatic rings. The summed E-state index contributed by atoms with van der Waals surface area (Å²) in [6.45, 7) is 2.50. The molecule has 9 heteroatoms. The van der Waals surface area contributed by atoms with Gasteiger partial charge in [-0.2, -0.15) is 5.10 Å². The minimum Gasteiger partial charge on any atom is -0.457 e. The monoisotopic (exact) mass is 572 g/mol. The summed E-state index contributed by atoms with van der Waals surface area (Å²) in [5.41, 5.74) is 3.25. The fraction of sp³-hybridized carbons (Fsp3) is 0.0714. The zero-order valence-corrected chi connectivity index (χ0v) is 22.1. The van der Waals surface area contributed by atoms with Gasteiger partial charge in [-0.3, -0.25) is 24.5 Å². The van der Waals surface area contributed by atoms with Crippen molar-refractivity contribution in [2.24, 2.45) is 0 Å². The van der Waals surface area contributed by atoms with Gasteiger partial charge in [0.2, 0.25) is 0 Å². The van der Waals surface area contributed by atoms with Crippen LogP contribution in [0.25, 0.3) is 6.08 Å². The van der Waals surface area contributed by atoms with Crippen molar-refractivity contribution < 1.29 is 14.3 Å². The number of carbonyl (C=O) groups is 2. The number of ether oxygens (including phenoxy) is 1. The van der Waals surface area contributed by atoms with Crippen LogP contribution in [0.5, 0.6) is 11.5 Å². The van der Waals surface area contributed by atoms with Crippen LogP contribution < -0.4 is 15.0 Å². The summed E-state index contributed by atoms with van der Waals surface area (Å²) in [7, 11) is 0. The second kappa shape index (κ2) is 10.5. The van der Waals surface area contributed by atoms with Crippen LogP contribution >= 0.6 is 28.1 Å². The van der Waals surface area contributed by atoms with Crippen molar-refractivity contribution in [3.63, 3.8) is 0 Å². The lowest BCUT2D eigenvalue weighted by atomic mass is 10.1. The quantitative estimate of drug-likeness (QED) is 0.184. The van der Waals surface area contributed by atoms with E-state index in [1.54, 1.807) is 35.1 Å². The molecule has 37 heavy (non-hydrogen) atoms. The van der Waals surface area contributed by atoms with Gasteiger partial charge in [-0.05, 0) is 83.1 Å². The number of nitrogens with zero attached hydrogens (tertiary/aromatic N) is 3. The first-order valence-corrected chi connectivity index (χ1v) is 12.6. The predicted molar refractivity (Wildman–Crippen MR) is 149 cm³/mol. The van der Waals surface area contributed by atoms with Gasteiger partial charge in [0, 0.05) is 0 Å². The number of hydrogen-bond acceptors (Lipinski definition) is 5. The first kappa shape index (κ1) is 24.6. The highest BCUT2D eigenvalue weighted by atomic mass is 79.9. The Kier molecular flexibility index (Phi) is 6.98. The first-order chi connectivity index (χ1) is 17.9. The molecule has 1 aliphatic heterocycles. The number of aromatic nitrogens is 2. The maximum atomic E-state index is 13.5. The number of carbonyl (C=O) groups excluding carboxylic acids is 2. The highest BCUT2D eigenvalue weighted by Gasteiger charge is 2.35. The molecule has 1 saturated heterocycles. The summed E-state index contributed by atoms with van der Waals surface area (Å²) in [6, 6.07) is 24.4. The summed E-state index contributed by atoms with van der Waals surface area (Å²) < 4.78 is 8.23. The van der Waals surface area contributed by atoms with E-state index >= 15 is 0 Å². The molecule has 5 rings (SSSR count). The number of para-hydroxylation sites is 1. The lowest BCUT2D eigenvalue weighted by Gasteiger charge is -2.29. The normalized spacial score (nSPS) is 14.7. The molecule has 0 unspecified atom stereocenters. The molecule has 1 aromatic heterocycles. The number of hydrogen-bond donors (Lipinski definition) is 1. The van der Waals surface area contributed by atoms with Gasteiger partial charge >= 0.3 is 0 Å². The van der Waals surface area contributed by atoms with Crippen LogP contribution in [0.2, 0.25) is 0 Å². The van der Waals surface area contributed by atoms with Crippen LogP contribution in [-0.4, -0.2) is 26.7 Å². The number of anilines is 1. The van der Waals surface area contributed by atoms with Gasteiger partial charge in [-0.25, -0.2) is 0 Å². The Bertz CT molecular complexity index is 1510. The molecule has 0 bridgehead atoms. The number of rotatable bonds is 6. The highest BCUT2D eigenvalue weighted by molar-refractivity contribution is 9.10. The molecule has 3 aromatic carbocycles. The molecule has 0 radical (unpaired) electrons. The topological polar surface area (TPSA) is 76.5 Å². The standard InChI is InChI=1S/C28H21BrN4O3S/c1-18-7-9-19(10-8-18)17-32-25(24(29)16-30-32)15-23-26(34)31-28(37)33(27(23)35)20-11-13-22(14-12-20)36-21-5-3-2-4-6-21/h2-16H,17H2,1H3,(H,31,34,37). The van der Waals surface area contributed by atoms with E-state index < -0.39 is 11.8 Å². The fourth-order valence-corrected chi connectivity index (χ4v) is 4.52. The Morgan fingerprint density at radius 3 is 2.35 bits per heavy atom. The zero-order valence-electron chi connectivity index (χ0n) is 19.7. The molecule has 2 heterocycles. The van der Waals surface area contributed by atoms with Crippen LogP contribution in [-0.2, 0) is 16.1 Å². The van der Waals surface area contributed by atoms with Crippen molar-refractivity contribution in [3.8, 4) is 11.5 Å². The van der Waals surface area contributed by atoms with Crippen LogP contribution in [0.1, 0.15) is 16.8 Å². The second-order valence-corrected chi connectivity index (χ2v) is 9.63. The van der Waals surface area contributed by atoms with Gasteiger partial charge in [0.05, 0.1) is 28.6 Å².